The number of likely N-dealkylation sites (N-methyl/N-ethyl adjacent to an activating group) is 1. The van der Waals surface area contributed by atoms with Gasteiger partial charge in [-0.2, -0.15) is 0 Å². The van der Waals surface area contributed by atoms with Crippen LogP contribution in [0.5, 0.6) is 0 Å². The summed E-state index contributed by atoms with van der Waals surface area (Å²) in [5.41, 5.74) is 1.67. The molecule has 0 aliphatic heterocycles. The van der Waals surface area contributed by atoms with Crippen LogP contribution in [0, 0.1) is 0 Å². The Morgan fingerprint density at radius 3 is 2.88 bits per heavy atom. The van der Waals surface area contributed by atoms with E-state index < -0.39 is 6.10 Å². The van der Waals surface area contributed by atoms with Crippen molar-refractivity contribution in [3.05, 3.63) is 36.1 Å². The topological polar surface area (TPSA) is 45.4 Å². The van der Waals surface area contributed by atoms with E-state index in [1.54, 1.807) is 6.26 Å². The minimum atomic E-state index is -0.538. The normalized spacial score (nSPS) is 15.2. The summed E-state index contributed by atoms with van der Waals surface area (Å²) >= 11 is 0. The van der Waals surface area contributed by atoms with E-state index in [-0.39, 0.29) is 6.04 Å². The minimum absolute atomic E-state index is 0.0195. The molecule has 2 aromatic rings. The zero-order valence-corrected chi connectivity index (χ0v) is 9.60. The molecule has 2 unspecified atom stereocenters. The van der Waals surface area contributed by atoms with Crippen molar-refractivity contribution in [3.63, 3.8) is 0 Å². The summed E-state index contributed by atoms with van der Waals surface area (Å²) < 4.78 is 5.41. The summed E-state index contributed by atoms with van der Waals surface area (Å²) in [5.74, 6) is 0. The van der Waals surface area contributed by atoms with Crippen LogP contribution in [0.15, 0.2) is 34.9 Å². The highest BCUT2D eigenvalue weighted by Gasteiger charge is 2.19. The van der Waals surface area contributed by atoms with Gasteiger partial charge >= 0.3 is 0 Å². The van der Waals surface area contributed by atoms with Gasteiger partial charge in [-0.3, -0.25) is 0 Å². The molecule has 2 N–H and O–H groups in total. The maximum Gasteiger partial charge on any atom is 0.134 e. The van der Waals surface area contributed by atoms with Crippen LogP contribution in [0.4, 0.5) is 0 Å². The lowest BCUT2D eigenvalue weighted by molar-refractivity contribution is 0.137. The SMILES string of the molecule is CCNC(C)C(O)c1coc2ccccc12. The fourth-order valence-corrected chi connectivity index (χ4v) is 1.93. The van der Waals surface area contributed by atoms with Crippen molar-refractivity contribution in [2.45, 2.75) is 26.0 Å². The molecule has 0 aliphatic carbocycles. The van der Waals surface area contributed by atoms with E-state index in [9.17, 15) is 5.11 Å². The molecule has 3 nitrogen and oxygen atoms in total. The molecule has 0 amide bonds. The molecule has 0 bridgehead atoms. The first-order chi connectivity index (χ1) is 7.74. The molecular formula is C13H17NO2. The van der Waals surface area contributed by atoms with E-state index in [1.807, 2.05) is 38.1 Å². The quantitative estimate of drug-likeness (QED) is 0.830. The van der Waals surface area contributed by atoms with Crippen LogP contribution in [0.1, 0.15) is 25.5 Å². The molecule has 3 heteroatoms. The summed E-state index contributed by atoms with van der Waals surface area (Å²) in [4.78, 5) is 0. The summed E-state index contributed by atoms with van der Waals surface area (Å²) in [6, 6.07) is 7.77. The number of hydrogen-bond acceptors (Lipinski definition) is 3. The smallest absolute Gasteiger partial charge is 0.134 e. The highest BCUT2D eigenvalue weighted by molar-refractivity contribution is 5.81. The summed E-state index contributed by atoms with van der Waals surface area (Å²) in [6.07, 6.45) is 1.10. The monoisotopic (exact) mass is 219 g/mol. The number of fused-ring (bicyclic) bond motifs is 1. The number of rotatable bonds is 4. The average molecular weight is 219 g/mol. The van der Waals surface area contributed by atoms with Gasteiger partial charge in [-0.15, -0.1) is 0 Å². The fourth-order valence-electron chi connectivity index (χ4n) is 1.93. The zero-order valence-electron chi connectivity index (χ0n) is 9.60. The van der Waals surface area contributed by atoms with E-state index in [1.165, 1.54) is 0 Å². The number of aliphatic hydroxyl groups excluding tert-OH is 1. The van der Waals surface area contributed by atoms with Crippen molar-refractivity contribution in [3.8, 4) is 0 Å². The van der Waals surface area contributed by atoms with Gasteiger partial charge in [0.1, 0.15) is 5.58 Å². The standard InChI is InChI=1S/C13H17NO2/c1-3-14-9(2)13(15)11-8-16-12-7-5-4-6-10(11)12/h4-9,13-15H,3H2,1-2H3. The van der Waals surface area contributed by atoms with Crippen molar-refractivity contribution < 1.29 is 9.52 Å². The Kier molecular flexibility index (Phi) is 3.27. The molecule has 2 atom stereocenters. The first-order valence-corrected chi connectivity index (χ1v) is 5.61. The Balaban J connectivity index is 2.32. The third-order valence-electron chi connectivity index (χ3n) is 2.83. The third-order valence-corrected chi connectivity index (χ3v) is 2.83. The largest absolute Gasteiger partial charge is 0.464 e. The van der Waals surface area contributed by atoms with E-state index in [0.29, 0.717) is 0 Å². The first kappa shape index (κ1) is 11.2. The molecule has 2 rings (SSSR count). The third kappa shape index (κ3) is 1.96. The second-order valence-electron chi connectivity index (χ2n) is 3.98. The molecule has 1 aromatic carbocycles. The Labute approximate surface area is 95.1 Å². The van der Waals surface area contributed by atoms with E-state index in [4.69, 9.17) is 4.42 Å². The Bertz CT molecular complexity index is 464. The number of para-hydroxylation sites is 1. The van der Waals surface area contributed by atoms with Gasteiger partial charge in [-0.05, 0) is 19.5 Å². The molecule has 86 valence electrons. The van der Waals surface area contributed by atoms with E-state index in [2.05, 4.69) is 5.32 Å². The van der Waals surface area contributed by atoms with Crippen LogP contribution >= 0.6 is 0 Å². The molecule has 0 fully saturated rings. The van der Waals surface area contributed by atoms with Crippen molar-refractivity contribution in [1.82, 2.24) is 5.32 Å². The van der Waals surface area contributed by atoms with Crippen molar-refractivity contribution >= 4 is 11.0 Å². The highest BCUT2D eigenvalue weighted by atomic mass is 16.3. The molecule has 0 spiro atoms. The van der Waals surface area contributed by atoms with E-state index in [0.717, 1.165) is 23.1 Å². The van der Waals surface area contributed by atoms with Gasteiger partial charge < -0.3 is 14.8 Å². The molecule has 1 aromatic heterocycles. The zero-order chi connectivity index (χ0) is 11.5. The van der Waals surface area contributed by atoms with Gasteiger partial charge in [0.2, 0.25) is 0 Å². The van der Waals surface area contributed by atoms with Crippen LogP contribution < -0.4 is 5.32 Å². The van der Waals surface area contributed by atoms with Crippen LogP contribution in [-0.4, -0.2) is 17.7 Å². The Morgan fingerprint density at radius 1 is 1.38 bits per heavy atom. The van der Waals surface area contributed by atoms with Crippen LogP contribution in [0.25, 0.3) is 11.0 Å². The molecule has 0 aliphatic rings. The van der Waals surface area contributed by atoms with Gasteiger partial charge in [-0.25, -0.2) is 0 Å². The maximum absolute atomic E-state index is 10.2. The second-order valence-corrected chi connectivity index (χ2v) is 3.98. The summed E-state index contributed by atoms with van der Waals surface area (Å²) in [6.45, 7) is 4.83. The average Bonchev–Trinajstić information content (AvgIpc) is 2.72. The predicted octanol–water partition coefficient (Wildman–Crippen LogP) is 2.46. The lowest BCUT2D eigenvalue weighted by Gasteiger charge is -2.18. The Hall–Kier alpha value is -1.32. The van der Waals surface area contributed by atoms with Crippen molar-refractivity contribution in [1.29, 1.82) is 0 Å². The molecule has 0 saturated heterocycles. The Morgan fingerprint density at radius 2 is 2.12 bits per heavy atom. The lowest BCUT2D eigenvalue weighted by Crippen LogP contribution is -2.31. The van der Waals surface area contributed by atoms with Crippen LogP contribution in [-0.2, 0) is 0 Å². The highest BCUT2D eigenvalue weighted by Crippen LogP contribution is 2.27. The first-order valence-electron chi connectivity index (χ1n) is 5.61. The van der Waals surface area contributed by atoms with Gasteiger partial charge in [0.05, 0.1) is 12.4 Å². The van der Waals surface area contributed by atoms with Gasteiger partial charge in [0.25, 0.3) is 0 Å². The number of furan rings is 1. The summed E-state index contributed by atoms with van der Waals surface area (Å²) in [5, 5.41) is 14.4. The number of hydrogen-bond donors (Lipinski definition) is 2. The molecular weight excluding hydrogens is 202 g/mol. The molecule has 1 heterocycles. The van der Waals surface area contributed by atoms with Gasteiger partial charge in [0.15, 0.2) is 0 Å². The number of nitrogens with one attached hydrogen (secondary N) is 1. The minimum Gasteiger partial charge on any atom is -0.464 e. The predicted molar refractivity (Wildman–Crippen MR) is 64.3 cm³/mol. The summed E-state index contributed by atoms with van der Waals surface area (Å²) in [7, 11) is 0. The van der Waals surface area contributed by atoms with Crippen molar-refractivity contribution in [2.24, 2.45) is 0 Å². The molecule has 0 saturated carbocycles. The maximum atomic E-state index is 10.2. The van der Waals surface area contributed by atoms with E-state index >= 15 is 0 Å². The second kappa shape index (κ2) is 4.68. The van der Waals surface area contributed by atoms with Crippen LogP contribution in [0.3, 0.4) is 0 Å². The molecule has 16 heavy (non-hydrogen) atoms. The number of benzene rings is 1. The van der Waals surface area contributed by atoms with Crippen LogP contribution in [0.2, 0.25) is 0 Å². The molecule has 0 radical (unpaired) electrons. The van der Waals surface area contributed by atoms with Crippen molar-refractivity contribution in [2.75, 3.05) is 6.54 Å². The van der Waals surface area contributed by atoms with Gasteiger partial charge in [-0.1, -0.05) is 25.1 Å². The lowest BCUT2D eigenvalue weighted by atomic mass is 10.0. The fraction of sp³-hybridized carbons (Fsp3) is 0.385. The van der Waals surface area contributed by atoms with Gasteiger partial charge in [0, 0.05) is 17.0 Å². The number of aliphatic hydroxyl groups is 1.